The minimum absolute atomic E-state index is 0.0288. The Balaban J connectivity index is 1.92. The molecule has 0 bridgehead atoms. The van der Waals surface area contributed by atoms with Crippen molar-refractivity contribution in [2.24, 2.45) is 7.05 Å². The number of urea groups is 1. The van der Waals surface area contributed by atoms with Gasteiger partial charge in [0.25, 0.3) is 0 Å². The highest BCUT2D eigenvalue weighted by Gasteiger charge is 2.27. The van der Waals surface area contributed by atoms with E-state index in [-0.39, 0.29) is 11.6 Å². The van der Waals surface area contributed by atoms with Crippen molar-refractivity contribution in [1.82, 2.24) is 14.8 Å². The lowest BCUT2D eigenvalue weighted by Crippen LogP contribution is -2.49. The van der Waals surface area contributed by atoms with Crippen LogP contribution in [0.1, 0.15) is 32.0 Å². The largest absolute Gasteiger partial charge is 0.347 e. The fraction of sp³-hybridized carbons (Fsp3) is 0.471. The summed E-state index contributed by atoms with van der Waals surface area (Å²) < 4.78 is 2.27. The Morgan fingerprint density at radius 3 is 2.67 bits per heavy atom. The molecule has 0 saturated carbocycles. The second-order valence-corrected chi connectivity index (χ2v) is 6.85. The molecule has 0 unspecified atom stereocenters. The van der Waals surface area contributed by atoms with Crippen molar-refractivity contribution < 1.29 is 4.79 Å². The first kappa shape index (κ1) is 14.0. The molecule has 1 N–H and O–H groups in total. The van der Waals surface area contributed by atoms with Crippen LogP contribution in [0.4, 0.5) is 4.79 Å². The second kappa shape index (κ2) is 4.79. The number of hydrogen-bond donors (Lipinski definition) is 1. The Labute approximate surface area is 125 Å². The topological polar surface area (TPSA) is 37.3 Å². The van der Waals surface area contributed by atoms with E-state index in [2.05, 4.69) is 41.2 Å². The maximum atomic E-state index is 12.4. The number of aromatic nitrogens is 1. The molecule has 1 aromatic heterocycles. The van der Waals surface area contributed by atoms with Crippen LogP contribution in [0.25, 0.3) is 10.9 Å². The number of nitrogens with one attached hydrogen (secondary N) is 1. The molecular formula is C17H23N3O. The van der Waals surface area contributed by atoms with Crippen LogP contribution in [0.15, 0.2) is 24.3 Å². The molecule has 0 saturated heterocycles. The highest BCUT2D eigenvalue weighted by molar-refractivity contribution is 5.86. The van der Waals surface area contributed by atoms with Gasteiger partial charge >= 0.3 is 6.03 Å². The maximum absolute atomic E-state index is 12.4. The Bertz CT molecular complexity index is 694. The number of aryl methyl sites for hydroxylation is 1. The van der Waals surface area contributed by atoms with Crippen LogP contribution in [-0.2, 0) is 20.0 Å². The molecule has 2 amide bonds. The summed E-state index contributed by atoms with van der Waals surface area (Å²) in [7, 11) is 2.12. The third-order valence-corrected chi connectivity index (χ3v) is 4.08. The van der Waals surface area contributed by atoms with Gasteiger partial charge in [-0.05, 0) is 26.8 Å². The molecule has 112 valence electrons. The van der Waals surface area contributed by atoms with Gasteiger partial charge in [0.05, 0.1) is 0 Å². The summed E-state index contributed by atoms with van der Waals surface area (Å²) in [6, 6.07) is 8.46. The van der Waals surface area contributed by atoms with Gasteiger partial charge in [-0.15, -0.1) is 0 Å². The molecule has 0 spiro atoms. The molecule has 4 nitrogen and oxygen atoms in total. The van der Waals surface area contributed by atoms with Crippen LogP contribution in [-0.4, -0.2) is 27.6 Å². The van der Waals surface area contributed by atoms with Crippen molar-refractivity contribution in [1.29, 1.82) is 0 Å². The van der Waals surface area contributed by atoms with Crippen molar-refractivity contribution in [2.75, 3.05) is 6.54 Å². The highest BCUT2D eigenvalue weighted by Crippen LogP contribution is 2.30. The van der Waals surface area contributed by atoms with Crippen molar-refractivity contribution in [3.8, 4) is 0 Å². The van der Waals surface area contributed by atoms with E-state index in [1.165, 1.54) is 22.2 Å². The molecule has 0 atom stereocenters. The van der Waals surface area contributed by atoms with Gasteiger partial charge in [-0.1, -0.05) is 18.2 Å². The normalized spacial score (nSPS) is 15.1. The summed E-state index contributed by atoms with van der Waals surface area (Å²) >= 11 is 0. The zero-order chi connectivity index (χ0) is 15.2. The van der Waals surface area contributed by atoms with E-state index >= 15 is 0 Å². The number of rotatable bonds is 0. The van der Waals surface area contributed by atoms with Crippen molar-refractivity contribution >= 4 is 16.9 Å². The van der Waals surface area contributed by atoms with Gasteiger partial charge in [0.1, 0.15) is 0 Å². The fourth-order valence-corrected chi connectivity index (χ4v) is 3.10. The first-order chi connectivity index (χ1) is 9.87. The maximum Gasteiger partial charge on any atom is 0.318 e. The number of hydrogen-bond acceptors (Lipinski definition) is 1. The average molecular weight is 285 g/mol. The van der Waals surface area contributed by atoms with E-state index in [1.54, 1.807) is 0 Å². The standard InChI is InChI=1S/C17H23N3O/c1-17(2,3)18-16(21)20-10-9-15-13(11-20)12-7-5-6-8-14(12)19(15)4/h5-8H,9-11H2,1-4H3,(H,18,21). The number of benzene rings is 1. The van der Waals surface area contributed by atoms with E-state index in [1.807, 2.05) is 25.7 Å². The van der Waals surface area contributed by atoms with Gasteiger partial charge in [-0.3, -0.25) is 0 Å². The minimum Gasteiger partial charge on any atom is -0.347 e. The predicted molar refractivity (Wildman–Crippen MR) is 85.3 cm³/mol. The summed E-state index contributed by atoms with van der Waals surface area (Å²) in [5.41, 5.74) is 3.70. The van der Waals surface area contributed by atoms with E-state index in [0.717, 1.165) is 13.0 Å². The molecule has 0 radical (unpaired) electrons. The van der Waals surface area contributed by atoms with Crippen molar-refractivity contribution in [3.05, 3.63) is 35.5 Å². The number of carbonyl (C=O) groups is 1. The van der Waals surface area contributed by atoms with Crippen LogP contribution in [0.3, 0.4) is 0 Å². The molecule has 3 rings (SSSR count). The first-order valence-electron chi connectivity index (χ1n) is 7.49. The van der Waals surface area contributed by atoms with Crippen LogP contribution in [0.5, 0.6) is 0 Å². The highest BCUT2D eigenvalue weighted by atomic mass is 16.2. The molecule has 4 heteroatoms. The van der Waals surface area contributed by atoms with Crippen molar-refractivity contribution in [2.45, 2.75) is 39.3 Å². The summed E-state index contributed by atoms with van der Waals surface area (Å²) in [6.07, 6.45) is 0.915. The van der Waals surface area contributed by atoms with Gasteiger partial charge in [-0.25, -0.2) is 4.79 Å². The van der Waals surface area contributed by atoms with Gasteiger partial charge in [-0.2, -0.15) is 0 Å². The molecule has 21 heavy (non-hydrogen) atoms. The third kappa shape index (κ3) is 2.50. The third-order valence-electron chi connectivity index (χ3n) is 4.08. The molecule has 1 aromatic carbocycles. The molecule has 1 aliphatic rings. The van der Waals surface area contributed by atoms with Crippen LogP contribution < -0.4 is 5.32 Å². The van der Waals surface area contributed by atoms with E-state index in [0.29, 0.717) is 6.54 Å². The summed E-state index contributed by atoms with van der Waals surface area (Å²) in [5, 5.41) is 4.32. The van der Waals surface area contributed by atoms with E-state index in [9.17, 15) is 4.79 Å². The first-order valence-corrected chi connectivity index (χ1v) is 7.49. The molecule has 2 aromatic rings. The fourth-order valence-electron chi connectivity index (χ4n) is 3.10. The zero-order valence-corrected chi connectivity index (χ0v) is 13.2. The number of carbonyl (C=O) groups excluding carboxylic acids is 1. The Kier molecular flexibility index (Phi) is 3.19. The monoisotopic (exact) mass is 285 g/mol. The lowest BCUT2D eigenvalue weighted by Gasteiger charge is -2.31. The smallest absolute Gasteiger partial charge is 0.318 e. The number of amides is 2. The Hall–Kier alpha value is -1.97. The molecule has 0 aliphatic carbocycles. The second-order valence-electron chi connectivity index (χ2n) is 6.85. The Morgan fingerprint density at radius 1 is 1.24 bits per heavy atom. The summed E-state index contributed by atoms with van der Waals surface area (Å²) in [6.45, 7) is 7.51. The lowest BCUT2D eigenvalue weighted by atomic mass is 10.0. The number of para-hydroxylation sites is 1. The lowest BCUT2D eigenvalue weighted by molar-refractivity contribution is 0.183. The van der Waals surface area contributed by atoms with Gasteiger partial charge in [0, 0.05) is 54.3 Å². The van der Waals surface area contributed by atoms with E-state index in [4.69, 9.17) is 0 Å². The average Bonchev–Trinajstić information content (AvgIpc) is 2.71. The van der Waals surface area contributed by atoms with Crippen LogP contribution in [0, 0.1) is 0 Å². The van der Waals surface area contributed by atoms with Crippen molar-refractivity contribution in [3.63, 3.8) is 0 Å². The van der Waals surface area contributed by atoms with Gasteiger partial charge in [0.2, 0.25) is 0 Å². The van der Waals surface area contributed by atoms with Gasteiger partial charge < -0.3 is 14.8 Å². The quantitative estimate of drug-likeness (QED) is 0.793. The minimum atomic E-state index is -0.198. The SMILES string of the molecule is Cn1c2c(c3ccccc31)CN(C(=O)NC(C)(C)C)CC2. The molecule has 1 aliphatic heterocycles. The summed E-state index contributed by atoms with van der Waals surface area (Å²) in [4.78, 5) is 14.3. The molecule has 0 fully saturated rings. The number of fused-ring (bicyclic) bond motifs is 3. The molecule has 2 heterocycles. The van der Waals surface area contributed by atoms with E-state index < -0.39 is 0 Å². The zero-order valence-electron chi connectivity index (χ0n) is 13.2. The summed E-state index contributed by atoms with van der Waals surface area (Å²) in [5.74, 6) is 0. The molecular weight excluding hydrogens is 262 g/mol. The van der Waals surface area contributed by atoms with Crippen LogP contribution in [0.2, 0.25) is 0 Å². The Morgan fingerprint density at radius 2 is 1.95 bits per heavy atom. The van der Waals surface area contributed by atoms with Gasteiger partial charge in [0.15, 0.2) is 0 Å². The predicted octanol–water partition coefficient (Wildman–Crippen LogP) is 3.04. The number of nitrogens with zero attached hydrogens (tertiary/aromatic N) is 2. The van der Waals surface area contributed by atoms with Crippen LogP contribution >= 0.6 is 0 Å².